The van der Waals surface area contributed by atoms with Gasteiger partial charge in [-0.05, 0) is 37.2 Å². The molecule has 0 spiro atoms. The van der Waals surface area contributed by atoms with E-state index < -0.39 is 0 Å². The second-order valence-corrected chi connectivity index (χ2v) is 5.36. The minimum absolute atomic E-state index is 0.765. The van der Waals surface area contributed by atoms with E-state index in [0.29, 0.717) is 0 Å². The molecule has 0 bridgehead atoms. The fraction of sp³-hybridized carbons (Fsp3) is 0.333. The Morgan fingerprint density at radius 2 is 2.14 bits per heavy atom. The molecular formula is C15H18N4OS. The van der Waals surface area contributed by atoms with Crippen LogP contribution in [0.4, 0.5) is 0 Å². The largest absolute Gasteiger partial charge is 0.497 e. The Hall–Kier alpha value is -2.08. The molecule has 6 heteroatoms. The van der Waals surface area contributed by atoms with Crippen LogP contribution in [0.25, 0.3) is 11.0 Å². The zero-order valence-electron chi connectivity index (χ0n) is 12.0. The van der Waals surface area contributed by atoms with E-state index in [1.54, 1.807) is 7.11 Å². The molecule has 110 valence electrons. The van der Waals surface area contributed by atoms with Gasteiger partial charge in [0.1, 0.15) is 5.75 Å². The smallest absolute Gasteiger partial charge is 0.178 e. The van der Waals surface area contributed by atoms with Crippen LogP contribution in [0.2, 0.25) is 0 Å². The van der Waals surface area contributed by atoms with Crippen molar-refractivity contribution in [3.05, 3.63) is 41.7 Å². The number of fused-ring (bicyclic) bond motifs is 1. The summed E-state index contributed by atoms with van der Waals surface area (Å²) in [6.45, 7) is 1.89. The number of aryl methyl sites for hydroxylation is 2. The minimum Gasteiger partial charge on any atom is -0.497 e. The number of methoxy groups -OCH3 is 1. The third-order valence-electron chi connectivity index (χ3n) is 3.59. The lowest BCUT2D eigenvalue weighted by molar-refractivity contribution is 0.415. The van der Waals surface area contributed by atoms with Gasteiger partial charge < -0.3 is 18.9 Å². The van der Waals surface area contributed by atoms with Gasteiger partial charge in [-0.15, -0.1) is 0 Å². The van der Waals surface area contributed by atoms with E-state index in [-0.39, 0.29) is 0 Å². The highest BCUT2D eigenvalue weighted by atomic mass is 32.1. The number of rotatable bonds is 6. The van der Waals surface area contributed by atoms with Crippen LogP contribution in [0.5, 0.6) is 5.75 Å². The molecule has 0 aliphatic rings. The molecule has 0 aliphatic carbocycles. The Kier molecular flexibility index (Phi) is 4.06. The lowest BCUT2D eigenvalue weighted by Crippen LogP contribution is -2.01. The monoisotopic (exact) mass is 302 g/mol. The lowest BCUT2D eigenvalue weighted by Gasteiger charge is -2.06. The van der Waals surface area contributed by atoms with Crippen molar-refractivity contribution in [3.63, 3.8) is 0 Å². The van der Waals surface area contributed by atoms with Crippen LogP contribution in [0.1, 0.15) is 12.8 Å². The van der Waals surface area contributed by atoms with Crippen LogP contribution in [-0.4, -0.2) is 26.2 Å². The standard InChI is InChI=1S/C15H18N4OS/c1-20-12-4-5-13-14(10-12)19(15(21)17-13)8-3-2-7-18-9-6-16-11-18/h4-6,9-11H,2-3,7-8H2,1H3,(H,17,21). The summed E-state index contributed by atoms with van der Waals surface area (Å²) in [7, 11) is 1.68. The molecule has 0 atom stereocenters. The number of benzene rings is 1. The van der Waals surface area contributed by atoms with E-state index >= 15 is 0 Å². The van der Waals surface area contributed by atoms with Gasteiger partial charge >= 0.3 is 0 Å². The molecule has 2 aromatic heterocycles. The van der Waals surface area contributed by atoms with E-state index in [4.69, 9.17) is 17.0 Å². The zero-order valence-corrected chi connectivity index (χ0v) is 12.8. The molecule has 0 aliphatic heterocycles. The third kappa shape index (κ3) is 3.00. The van der Waals surface area contributed by atoms with Crippen molar-refractivity contribution < 1.29 is 4.74 Å². The average Bonchev–Trinajstić information content (AvgIpc) is 3.11. The Labute approximate surface area is 128 Å². The molecule has 3 rings (SSSR count). The number of unbranched alkanes of at least 4 members (excludes halogenated alkanes) is 1. The Morgan fingerprint density at radius 3 is 2.90 bits per heavy atom. The van der Waals surface area contributed by atoms with E-state index in [0.717, 1.165) is 47.5 Å². The lowest BCUT2D eigenvalue weighted by atomic mass is 10.2. The normalized spacial score (nSPS) is 11.1. The molecule has 1 N–H and O–H groups in total. The zero-order chi connectivity index (χ0) is 14.7. The van der Waals surface area contributed by atoms with Gasteiger partial charge in [0.15, 0.2) is 4.77 Å². The molecule has 0 amide bonds. The summed E-state index contributed by atoms with van der Waals surface area (Å²) in [6.07, 6.45) is 7.80. The van der Waals surface area contributed by atoms with Gasteiger partial charge in [0.05, 0.1) is 24.5 Å². The molecule has 0 saturated heterocycles. The van der Waals surface area contributed by atoms with Crippen LogP contribution in [-0.2, 0) is 13.1 Å². The minimum atomic E-state index is 0.765. The highest BCUT2D eigenvalue weighted by molar-refractivity contribution is 7.71. The molecule has 0 radical (unpaired) electrons. The topological polar surface area (TPSA) is 47.8 Å². The number of hydrogen-bond acceptors (Lipinski definition) is 3. The number of hydrogen-bond donors (Lipinski definition) is 1. The maximum Gasteiger partial charge on any atom is 0.178 e. The molecule has 2 heterocycles. The number of ether oxygens (including phenoxy) is 1. The molecule has 5 nitrogen and oxygen atoms in total. The van der Waals surface area contributed by atoms with Crippen LogP contribution in [0.15, 0.2) is 36.9 Å². The third-order valence-corrected chi connectivity index (χ3v) is 3.91. The van der Waals surface area contributed by atoms with Crippen molar-refractivity contribution in [2.45, 2.75) is 25.9 Å². The van der Waals surface area contributed by atoms with Gasteiger partial charge in [-0.25, -0.2) is 4.98 Å². The first-order chi connectivity index (χ1) is 10.3. The fourth-order valence-corrected chi connectivity index (χ4v) is 2.76. The summed E-state index contributed by atoms with van der Waals surface area (Å²) in [4.78, 5) is 7.29. The van der Waals surface area contributed by atoms with E-state index in [1.165, 1.54) is 0 Å². The second kappa shape index (κ2) is 6.13. The Morgan fingerprint density at radius 1 is 1.29 bits per heavy atom. The van der Waals surface area contributed by atoms with Crippen molar-refractivity contribution in [3.8, 4) is 5.75 Å². The predicted octanol–water partition coefficient (Wildman–Crippen LogP) is 3.38. The van der Waals surface area contributed by atoms with Crippen molar-refractivity contribution in [2.24, 2.45) is 0 Å². The number of H-pyrrole nitrogens is 1. The van der Waals surface area contributed by atoms with Gasteiger partial charge in [-0.3, -0.25) is 0 Å². The number of nitrogens with one attached hydrogen (secondary N) is 1. The molecule has 1 aromatic carbocycles. The van der Waals surface area contributed by atoms with Gasteiger partial charge in [-0.1, -0.05) is 0 Å². The summed E-state index contributed by atoms with van der Waals surface area (Å²) in [5, 5.41) is 0. The SMILES string of the molecule is COc1ccc2[nH]c(=S)n(CCCCn3ccnc3)c2c1. The molecule has 3 aromatic rings. The molecular weight excluding hydrogens is 284 g/mol. The highest BCUT2D eigenvalue weighted by Gasteiger charge is 2.05. The maximum absolute atomic E-state index is 5.41. The van der Waals surface area contributed by atoms with Crippen molar-refractivity contribution in [2.75, 3.05) is 7.11 Å². The number of aromatic nitrogens is 4. The molecule has 0 fully saturated rings. The van der Waals surface area contributed by atoms with Crippen molar-refractivity contribution >= 4 is 23.3 Å². The Bertz CT molecular complexity index is 773. The quantitative estimate of drug-likeness (QED) is 0.561. The maximum atomic E-state index is 5.41. The highest BCUT2D eigenvalue weighted by Crippen LogP contribution is 2.21. The summed E-state index contributed by atoms with van der Waals surface area (Å²) in [5.74, 6) is 0.851. The van der Waals surface area contributed by atoms with Crippen LogP contribution >= 0.6 is 12.2 Å². The van der Waals surface area contributed by atoms with Gasteiger partial charge in [0.25, 0.3) is 0 Å². The molecule has 21 heavy (non-hydrogen) atoms. The van der Waals surface area contributed by atoms with Gasteiger partial charge in [0.2, 0.25) is 0 Å². The Balaban J connectivity index is 1.71. The number of imidazole rings is 2. The summed E-state index contributed by atoms with van der Waals surface area (Å²) in [6, 6.07) is 5.97. The van der Waals surface area contributed by atoms with Crippen molar-refractivity contribution in [1.29, 1.82) is 0 Å². The number of nitrogens with zero attached hydrogens (tertiary/aromatic N) is 3. The van der Waals surface area contributed by atoms with E-state index in [2.05, 4.69) is 19.1 Å². The van der Waals surface area contributed by atoms with E-state index in [9.17, 15) is 0 Å². The molecule has 0 saturated carbocycles. The van der Waals surface area contributed by atoms with Crippen LogP contribution in [0, 0.1) is 4.77 Å². The summed E-state index contributed by atoms with van der Waals surface area (Å²) in [5.41, 5.74) is 2.15. The predicted molar refractivity (Wildman–Crippen MR) is 85.1 cm³/mol. The average molecular weight is 302 g/mol. The van der Waals surface area contributed by atoms with Gasteiger partial charge in [-0.2, -0.15) is 0 Å². The number of aromatic amines is 1. The first-order valence-electron chi connectivity index (χ1n) is 7.00. The first kappa shape index (κ1) is 13.9. The first-order valence-corrected chi connectivity index (χ1v) is 7.41. The van der Waals surface area contributed by atoms with E-state index in [1.807, 2.05) is 36.9 Å². The van der Waals surface area contributed by atoms with Gasteiger partial charge in [0, 0.05) is 31.5 Å². The van der Waals surface area contributed by atoms with Crippen molar-refractivity contribution in [1.82, 2.24) is 19.1 Å². The summed E-state index contributed by atoms with van der Waals surface area (Å²) >= 11 is 5.41. The molecule has 0 unspecified atom stereocenters. The summed E-state index contributed by atoms with van der Waals surface area (Å²) < 4.78 is 10.3. The van der Waals surface area contributed by atoms with Crippen LogP contribution < -0.4 is 4.74 Å². The second-order valence-electron chi connectivity index (χ2n) is 4.97. The fourth-order valence-electron chi connectivity index (χ4n) is 2.46. The van der Waals surface area contributed by atoms with Crippen LogP contribution in [0.3, 0.4) is 0 Å².